The number of carbonyl (C=O) groups is 1. The highest BCUT2D eigenvalue weighted by molar-refractivity contribution is 5.84. The average Bonchev–Trinajstić information content (AvgIpc) is 2.39. The van der Waals surface area contributed by atoms with Crippen LogP contribution in [0, 0.1) is 0 Å². The number of halogens is 3. The average molecular weight is 306 g/mol. The van der Waals surface area contributed by atoms with Gasteiger partial charge < -0.3 is 14.8 Å². The van der Waals surface area contributed by atoms with E-state index in [1.54, 1.807) is 0 Å². The number of rotatable bonds is 7. The lowest BCUT2D eigenvalue weighted by molar-refractivity contribution is -0.274. The predicted molar refractivity (Wildman–Crippen MR) is 71.3 cm³/mol. The van der Waals surface area contributed by atoms with Crippen LogP contribution in [-0.4, -0.2) is 32.2 Å². The molecular formula is C13H17F3N2O3. The number of hydrogen-bond donors (Lipinski definition) is 2. The van der Waals surface area contributed by atoms with E-state index in [1.807, 2.05) is 6.92 Å². The van der Waals surface area contributed by atoms with Crippen LogP contribution in [-0.2, 0) is 4.74 Å². The predicted octanol–water partition coefficient (Wildman–Crippen LogP) is 3.13. The maximum Gasteiger partial charge on any atom is 0.573 e. The molecule has 0 saturated carbocycles. The maximum absolute atomic E-state index is 12.0. The molecule has 0 atom stereocenters. The molecule has 1 aromatic rings. The van der Waals surface area contributed by atoms with Crippen LogP contribution in [0.2, 0.25) is 0 Å². The standard InChI is InChI=1S/C13H17F3N2O3/c1-2-7-17-8-9-20-12(19)18-10-3-5-11(6-4-10)21-13(14,15)16/h3-6,17H,2,7-9H2,1H3,(H,18,19). The Morgan fingerprint density at radius 2 is 1.86 bits per heavy atom. The number of hydrogen-bond acceptors (Lipinski definition) is 4. The first kappa shape index (κ1) is 17.1. The third-order valence-electron chi connectivity index (χ3n) is 2.27. The highest BCUT2D eigenvalue weighted by Gasteiger charge is 2.30. The monoisotopic (exact) mass is 306 g/mol. The van der Waals surface area contributed by atoms with Crippen molar-refractivity contribution in [3.8, 4) is 5.75 Å². The van der Waals surface area contributed by atoms with E-state index in [0.717, 1.165) is 25.1 Å². The van der Waals surface area contributed by atoms with Crippen molar-refractivity contribution in [2.75, 3.05) is 25.0 Å². The lowest BCUT2D eigenvalue weighted by atomic mass is 10.3. The lowest BCUT2D eigenvalue weighted by Crippen LogP contribution is -2.23. The first-order valence-corrected chi connectivity index (χ1v) is 6.41. The van der Waals surface area contributed by atoms with Crippen molar-refractivity contribution in [2.45, 2.75) is 19.7 Å². The molecule has 1 aromatic carbocycles. The van der Waals surface area contributed by atoms with Crippen molar-refractivity contribution in [1.29, 1.82) is 0 Å². The third-order valence-corrected chi connectivity index (χ3v) is 2.27. The van der Waals surface area contributed by atoms with Gasteiger partial charge in [0.05, 0.1) is 0 Å². The number of nitrogens with one attached hydrogen (secondary N) is 2. The van der Waals surface area contributed by atoms with Gasteiger partial charge in [-0.25, -0.2) is 4.79 Å². The van der Waals surface area contributed by atoms with Crippen LogP contribution in [0.1, 0.15) is 13.3 Å². The summed E-state index contributed by atoms with van der Waals surface area (Å²) in [6, 6.07) is 4.78. The zero-order valence-corrected chi connectivity index (χ0v) is 11.5. The quantitative estimate of drug-likeness (QED) is 0.760. The molecule has 0 aliphatic rings. The van der Waals surface area contributed by atoms with E-state index in [-0.39, 0.29) is 12.4 Å². The summed E-state index contributed by atoms with van der Waals surface area (Å²) in [7, 11) is 0. The Kier molecular flexibility index (Phi) is 6.80. The summed E-state index contributed by atoms with van der Waals surface area (Å²) in [6.07, 6.45) is -4.42. The molecule has 8 heteroatoms. The fourth-order valence-corrected chi connectivity index (χ4v) is 1.41. The van der Waals surface area contributed by atoms with Gasteiger partial charge in [-0.2, -0.15) is 0 Å². The zero-order chi connectivity index (χ0) is 15.7. The van der Waals surface area contributed by atoms with Crippen LogP contribution in [0.5, 0.6) is 5.75 Å². The van der Waals surface area contributed by atoms with Crippen molar-refractivity contribution in [2.24, 2.45) is 0 Å². The first-order valence-electron chi connectivity index (χ1n) is 6.41. The minimum atomic E-state index is -4.74. The summed E-state index contributed by atoms with van der Waals surface area (Å²) in [5.74, 6) is -0.356. The number of carbonyl (C=O) groups excluding carboxylic acids is 1. The molecule has 0 aliphatic heterocycles. The van der Waals surface area contributed by atoms with Crippen LogP contribution >= 0.6 is 0 Å². The van der Waals surface area contributed by atoms with Crippen molar-refractivity contribution in [1.82, 2.24) is 5.32 Å². The van der Waals surface area contributed by atoms with Crippen LogP contribution in [0.4, 0.5) is 23.7 Å². The summed E-state index contributed by atoms with van der Waals surface area (Å²) >= 11 is 0. The molecule has 0 saturated heterocycles. The fraction of sp³-hybridized carbons (Fsp3) is 0.462. The summed E-state index contributed by atoms with van der Waals surface area (Å²) < 4.78 is 44.5. The molecule has 0 aliphatic carbocycles. The molecule has 0 fully saturated rings. The minimum absolute atomic E-state index is 0.209. The summed E-state index contributed by atoms with van der Waals surface area (Å²) in [5.41, 5.74) is 0.316. The van der Waals surface area contributed by atoms with Crippen molar-refractivity contribution in [3.63, 3.8) is 0 Å². The molecule has 1 rings (SSSR count). The number of ether oxygens (including phenoxy) is 2. The zero-order valence-electron chi connectivity index (χ0n) is 11.5. The molecular weight excluding hydrogens is 289 g/mol. The Hall–Kier alpha value is -1.96. The van der Waals surface area contributed by atoms with E-state index in [2.05, 4.69) is 15.4 Å². The van der Waals surface area contributed by atoms with Crippen LogP contribution < -0.4 is 15.4 Å². The lowest BCUT2D eigenvalue weighted by Gasteiger charge is -2.10. The van der Waals surface area contributed by atoms with Gasteiger partial charge in [0.1, 0.15) is 12.4 Å². The topological polar surface area (TPSA) is 59.6 Å². The van der Waals surface area contributed by atoms with E-state index in [9.17, 15) is 18.0 Å². The normalized spacial score (nSPS) is 11.0. The molecule has 5 nitrogen and oxygen atoms in total. The van der Waals surface area contributed by atoms with E-state index in [4.69, 9.17) is 4.74 Å². The number of amides is 1. The second-order valence-electron chi connectivity index (χ2n) is 4.08. The SMILES string of the molecule is CCCNCCOC(=O)Nc1ccc(OC(F)(F)F)cc1. The number of benzene rings is 1. The Morgan fingerprint density at radius 1 is 1.19 bits per heavy atom. The van der Waals surface area contributed by atoms with E-state index < -0.39 is 12.5 Å². The van der Waals surface area contributed by atoms with Crippen LogP contribution in [0.3, 0.4) is 0 Å². The maximum atomic E-state index is 12.0. The molecule has 21 heavy (non-hydrogen) atoms. The van der Waals surface area contributed by atoms with Crippen molar-refractivity contribution < 1.29 is 27.4 Å². The largest absolute Gasteiger partial charge is 0.573 e. The molecule has 1 amide bonds. The van der Waals surface area contributed by atoms with E-state index in [1.165, 1.54) is 12.1 Å². The highest BCUT2D eigenvalue weighted by Crippen LogP contribution is 2.23. The van der Waals surface area contributed by atoms with Gasteiger partial charge in [0, 0.05) is 12.2 Å². The molecule has 0 bridgehead atoms. The molecule has 2 N–H and O–H groups in total. The van der Waals surface area contributed by atoms with Gasteiger partial charge in [-0.15, -0.1) is 13.2 Å². The van der Waals surface area contributed by atoms with Gasteiger partial charge in [-0.1, -0.05) is 6.92 Å². The second-order valence-corrected chi connectivity index (χ2v) is 4.08. The van der Waals surface area contributed by atoms with Gasteiger partial charge in [0.15, 0.2) is 0 Å². The first-order chi connectivity index (χ1) is 9.90. The summed E-state index contributed by atoms with van der Waals surface area (Å²) in [5, 5.41) is 5.45. The van der Waals surface area contributed by atoms with Crippen molar-refractivity contribution >= 4 is 11.8 Å². The van der Waals surface area contributed by atoms with E-state index >= 15 is 0 Å². The van der Waals surface area contributed by atoms with Crippen LogP contribution in [0.15, 0.2) is 24.3 Å². The molecule has 0 radical (unpaired) electrons. The third kappa shape index (κ3) is 8.03. The molecule has 0 spiro atoms. The molecule has 0 unspecified atom stereocenters. The van der Waals surface area contributed by atoms with Gasteiger partial charge in [-0.3, -0.25) is 5.32 Å². The molecule has 118 valence electrons. The Balaban J connectivity index is 2.33. The van der Waals surface area contributed by atoms with Crippen molar-refractivity contribution in [3.05, 3.63) is 24.3 Å². The van der Waals surface area contributed by atoms with E-state index in [0.29, 0.717) is 12.2 Å². The summed E-state index contributed by atoms with van der Waals surface area (Å²) in [4.78, 5) is 11.4. The van der Waals surface area contributed by atoms with Crippen LogP contribution in [0.25, 0.3) is 0 Å². The fourth-order valence-electron chi connectivity index (χ4n) is 1.41. The molecule has 0 aromatic heterocycles. The van der Waals surface area contributed by atoms with Gasteiger partial charge >= 0.3 is 12.5 Å². The number of alkyl halides is 3. The number of anilines is 1. The Morgan fingerprint density at radius 3 is 2.43 bits per heavy atom. The van der Waals surface area contributed by atoms with Gasteiger partial charge in [-0.05, 0) is 37.2 Å². The second kappa shape index (κ2) is 8.35. The van der Waals surface area contributed by atoms with Gasteiger partial charge in [0.25, 0.3) is 0 Å². The van der Waals surface area contributed by atoms with Gasteiger partial charge in [0.2, 0.25) is 0 Å². The Bertz CT molecular complexity index is 435. The highest BCUT2D eigenvalue weighted by atomic mass is 19.4. The Labute approximate surface area is 120 Å². The molecule has 0 heterocycles. The summed E-state index contributed by atoms with van der Waals surface area (Å²) in [6.45, 7) is 3.61. The minimum Gasteiger partial charge on any atom is -0.448 e. The smallest absolute Gasteiger partial charge is 0.448 e.